The predicted octanol–water partition coefficient (Wildman–Crippen LogP) is 4.55. The van der Waals surface area contributed by atoms with E-state index in [1.54, 1.807) is 14.2 Å². The normalized spacial score (nSPS) is 13.3. The lowest BCUT2D eigenvalue weighted by Crippen LogP contribution is -2.11. The standard InChI is InChI=1S/C22H25NO3/c1-4-13-26-19-6-8-20-16(14-19)11-12-23-21(20)9-5-17-15-18(24-2)7-10-22(17)25-3/h5-10,14-15H,4,11-13H2,1-3H3. The third-order valence-corrected chi connectivity index (χ3v) is 4.35. The van der Waals surface area contributed by atoms with Crippen LogP contribution in [0.2, 0.25) is 0 Å². The van der Waals surface area contributed by atoms with Crippen molar-refractivity contribution in [1.82, 2.24) is 0 Å². The topological polar surface area (TPSA) is 40.0 Å². The monoisotopic (exact) mass is 351 g/mol. The molecule has 0 radical (unpaired) electrons. The highest BCUT2D eigenvalue weighted by Crippen LogP contribution is 2.27. The first-order valence-corrected chi connectivity index (χ1v) is 8.95. The molecule has 4 nitrogen and oxygen atoms in total. The second-order valence-corrected chi connectivity index (χ2v) is 6.13. The highest BCUT2D eigenvalue weighted by atomic mass is 16.5. The smallest absolute Gasteiger partial charge is 0.126 e. The minimum Gasteiger partial charge on any atom is -0.497 e. The summed E-state index contributed by atoms with van der Waals surface area (Å²) >= 11 is 0. The fourth-order valence-electron chi connectivity index (χ4n) is 3.00. The van der Waals surface area contributed by atoms with Crippen LogP contribution in [-0.4, -0.2) is 33.1 Å². The minimum absolute atomic E-state index is 0.745. The van der Waals surface area contributed by atoms with Gasteiger partial charge < -0.3 is 14.2 Å². The van der Waals surface area contributed by atoms with Crippen LogP contribution >= 0.6 is 0 Å². The Morgan fingerprint density at radius 2 is 1.85 bits per heavy atom. The van der Waals surface area contributed by atoms with Crippen molar-refractivity contribution in [2.75, 3.05) is 27.4 Å². The first-order valence-electron chi connectivity index (χ1n) is 8.95. The quantitative estimate of drug-likeness (QED) is 0.735. The molecular weight excluding hydrogens is 326 g/mol. The van der Waals surface area contributed by atoms with Crippen LogP contribution in [0, 0.1) is 0 Å². The highest BCUT2D eigenvalue weighted by molar-refractivity contribution is 6.12. The van der Waals surface area contributed by atoms with Gasteiger partial charge in [0.05, 0.1) is 26.5 Å². The Hall–Kier alpha value is -2.75. The maximum Gasteiger partial charge on any atom is 0.126 e. The molecule has 0 amide bonds. The van der Waals surface area contributed by atoms with Crippen molar-refractivity contribution >= 4 is 11.8 Å². The van der Waals surface area contributed by atoms with Crippen molar-refractivity contribution in [3.05, 3.63) is 59.2 Å². The van der Waals surface area contributed by atoms with E-state index >= 15 is 0 Å². The van der Waals surface area contributed by atoms with Gasteiger partial charge in [-0.3, -0.25) is 4.99 Å². The second kappa shape index (κ2) is 8.56. The van der Waals surface area contributed by atoms with Crippen LogP contribution in [0.5, 0.6) is 17.2 Å². The summed E-state index contributed by atoms with van der Waals surface area (Å²) in [6.07, 6.45) is 6.02. The van der Waals surface area contributed by atoms with Gasteiger partial charge in [0.2, 0.25) is 0 Å². The molecule has 0 aliphatic carbocycles. The van der Waals surface area contributed by atoms with Gasteiger partial charge >= 0.3 is 0 Å². The molecule has 0 unspecified atom stereocenters. The number of fused-ring (bicyclic) bond motifs is 1. The lowest BCUT2D eigenvalue weighted by Gasteiger charge is -2.16. The molecule has 1 aliphatic rings. The van der Waals surface area contributed by atoms with Crippen LogP contribution in [0.1, 0.15) is 30.0 Å². The number of ether oxygens (including phenoxy) is 3. The van der Waals surface area contributed by atoms with Crippen LogP contribution in [0.25, 0.3) is 6.08 Å². The average Bonchev–Trinajstić information content (AvgIpc) is 2.70. The predicted molar refractivity (Wildman–Crippen MR) is 106 cm³/mol. The summed E-state index contributed by atoms with van der Waals surface area (Å²) in [6, 6.07) is 12.0. The average molecular weight is 351 g/mol. The second-order valence-electron chi connectivity index (χ2n) is 6.13. The van der Waals surface area contributed by atoms with E-state index in [0.29, 0.717) is 0 Å². The minimum atomic E-state index is 0.745. The molecule has 2 aromatic carbocycles. The maximum atomic E-state index is 5.75. The van der Waals surface area contributed by atoms with Gasteiger partial charge in [0.15, 0.2) is 0 Å². The van der Waals surface area contributed by atoms with Crippen molar-refractivity contribution in [3.63, 3.8) is 0 Å². The molecule has 4 heteroatoms. The molecule has 2 aromatic rings. The SMILES string of the molecule is CCCOc1ccc2c(c1)CCN=C2C=Cc1cc(OC)ccc1OC. The van der Waals surface area contributed by atoms with E-state index in [9.17, 15) is 0 Å². The van der Waals surface area contributed by atoms with Crippen molar-refractivity contribution < 1.29 is 14.2 Å². The number of methoxy groups -OCH3 is 2. The van der Waals surface area contributed by atoms with Gasteiger partial charge in [-0.05, 0) is 67.0 Å². The van der Waals surface area contributed by atoms with Crippen molar-refractivity contribution in [3.8, 4) is 17.2 Å². The fraction of sp³-hybridized carbons (Fsp3) is 0.318. The van der Waals surface area contributed by atoms with E-state index in [0.717, 1.165) is 54.5 Å². The molecule has 0 N–H and O–H groups in total. The summed E-state index contributed by atoms with van der Waals surface area (Å²) in [5, 5.41) is 0. The zero-order valence-corrected chi connectivity index (χ0v) is 15.6. The van der Waals surface area contributed by atoms with Crippen molar-refractivity contribution in [2.45, 2.75) is 19.8 Å². The first-order chi connectivity index (χ1) is 12.7. The van der Waals surface area contributed by atoms with Crippen LogP contribution in [0.15, 0.2) is 47.5 Å². The zero-order chi connectivity index (χ0) is 18.4. The summed E-state index contributed by atoms with van der Waals surface area (Å²) in [5.41, 5.74) is 4.40. The molecule has 26 heavy (non-hydrogen) atoms. The summed E-state index contributed by atoms with van der Waals surface area (Å²) < 4.78 is 16.5. The van der Waals surface area contributed by atoms with E-state index in [2.05, 4.69) is 19.1 Å². The van der Waals surface area contributed by atoms with E-state index in [1.807, 2.05) is 36.4 Å². The molecule has 3 rings (SSSR count). The molecular formula is C22H25NO3. The molecule has 0 bridgehead atoms. The summed E-state index contributed by atoms with van der Waals surface area (Å²) in [5.74, 6) is 2.54. The third-order valence-electron chi connectivity index (χ3n) is 4.35. The lowest BCUT2D eigenvalue weighted by atomic mass is 9.96. The van der Waals surface area contributed by atoms with E-state index in [1.165, 1.54) is 11.1 Å². The number of hydrogen-bond acceptors (Lipinski definition) is 4. The van der Waals surface area contributed by atoms with E-state index in [4.69, 9.17) is 19.2 Å². The van der Waals surface area contributed by atoms with Gasteiger partial charge in [0, 0.05) is 17.7 Å². The number of rotatable bonds is 7. The fourth-order valence-corrected chi connectivity index (χ4v) is 3.00. The van der Waals surface area contributed by atoms with E-state index in [-0.39, 0.29) is 0 Å². The van der Waals surface area contributed by atoms with Gasteiger partial charge in [0.1, 0.15) is 17.2 Å². The molecule has 1 aliphatic heterocycles. The Labute approximate surface area is 155 Å². The Balaban J connectivity index is 1.86. The molecule has 1 heterocycles. The molecule has 0 atom stereocenters. The van der Waals surface area contributed by atoms with Gasteiger partial charge in [0.25, 0.3) is 0 Å². The molecule has 0 fully saturated rings. The molecule has 0 spiro atoms. The highest BCUT2D eigenvalue weighted by Gasteiger charge is 2.13. The number of hydrogen-bond donors (Lipinski definition) is 0. The van der Waals surface area contributed by atoms with Crippen LogP contribution < -0.4 is 14.2 Å². The third kappa shape index (κ3) is 4.07. The summed E-state index contributed by atoms with van der Waals surface area (Å²) in [6.45, 7) is 3.65. The summed E-state index contributed by atoms with van der Waals surface area (Å²) in [4.78, 5) is 4.69. The van der Waals surface area contributed by atoms with Gasteiger partial charge in [-0.25, -0.2) is 0 Å². The molecule has 136 valence electrons. The van der Waals surface area contributed by atoms with Crippen LogP contribution in [-0.2, 0) is 6.42 Å². The molecule has 0 saturated carbocycles. The number of allylic oxidation sites excluding steroid dienone is 1. The number of aliphatic imine (C=N–C) groups is 1. The first kappa shape index (κ1) is 18.1. The van der Waals surface area contributed by atoms with Crippen LogP contribution in [0.3, 0.4) is 0 Å². The van der Waals surface area contributed by atoms with Crippen LogP contribution in [0.4, 0.5) is 0 Å². The van der Waals surface area contributed by atoms with Crippen molar-refractivity contribution in [1.29, 1.82) is 0 Å². The Morgan fingerprint density at radius 3 is 2.62 bits per heavy atom. The Kier molecular flexibility index (Phi) is 5.95. The summed E-state index contributed by atoms with van der Waals surface area (Å²) in [7, 11) is 3.33. The van der Waals surface area contributed by atoms with Crippen molar-refractivity contribution in [2.24, 2.45) is 4.99 Å². The molecule has 0 saturated heterocycles. The number of benzene rings is 2. The molecule has 0 aromatic heterocycles. The number of nitrogens with zero attached hydrogens (tertiary/aromatic N) is 1. The van der Waals surface area contributed by atoms with E-state index < -0.39 is 0 Å². The largest absolute Gasteiger partial charge is 0.497 e. The zero-order valence-electron chi connectivity index (χ0n) is 15.6. The Morgan fingerprint density at radius 1 is 1.00 bits per heavy atom. The van der Waals surface area contributed by atoms with Gasteiger partial charge in [-0.2, -0.15) is 0 Å². The van der Waals surface area contributed by atoms with Gasteiger partial charge in [-0.1, -0.05) is 6.92 Å². The van der Waals surface area contributed by atoms with Gasteiger partial charge in [-0.15, -0.1) is 0 Å². The Bertz CT molecular complexity index is 824. The lowest BCUT2D eigenvalue weighted by molar-refractivity contribution is 0.317. The maximum absolute atomic E-state index is 5.75.